The first kappa shape index (κ1) is 16.8. The van der Waals surface area contributed by atoms with Gasteiger partial charge in [0.05, 0.1) is 0 Å². The van der Waals surface area contributed by atoms with Crippen molar-refractivity contribution in [3.8, 4) is 0 Å². The number of aromatic amines is 1. The second-order valence-corrected chi connectivity index (χ2v) is 7.09. The van der Waals surface area contributed by atoms with Gasteiger partial charge >= 0.3 is 0 Å². The fourth-order valence-corrected chi connectivity index (χ4v) is 3.48. The Morgan fingerprint density at radius 2 is 2.21 bits per heavy atom. The minimum absolute atomic E-state index is 0.0303. The van der Waals surface area contributed by atoms with Crippen LogP contribution in [0.3, 0.4) is 0 Å². The van der Waals surface area contributed by atoms with Gasteiger partial charge in [0.15, 0.2) is 0 Å². The third-order valence-electron chi connectivity index (χ3n) is 4.57. The SMILES string of the molecule is CC(C)=CC(=O)NC[C@H]1CCCN(Cc2cc3ccccc3[nH]2)C1. The number of hydrogen-bond donors (Lipinski definition) is 2. The molecule has 4 heteroatoms. The zero-order valence-corrected chi connectivity index (χ0v) is 14.6. The van der Waals surface area contributed by atoms with Crippen LogP contribution in [0.2, 0.25) is 0 Å². The smallest absolute Gasteiger partial charge is 0.243 e. The van der Waals surface area contributed by atoms with E-state index in [4.69, 9.17) is 0 Å². The molecule has 2 heterocycles. The maximum absolute atomic E-state index is 11.8. The topological polar surface area (TPSA) is 48.1 Å². The van der Waals surface area contributed by atoms with Crippen molar-refractivity contribution in [1.82, 2.24) is 15.2 Å². The van der Waals surface area contributed by atoms with Gasteiger partial charge in [-0.05, 0) is 56.7 Å². The van der Waals surface area contributed by atoms with Crippen LogP contribution in [-0.4, -0.2) is 35.4 Å². The minimum atomic E-state index is 0.0303. The molecule has 0 radical (unpaired) electrons. The highest BCUT2D eigenvalue weighted by Gasteiger charge is 2.20. The number of carbonyl (C=O) groups excluding carboxylic acids is 1. The Morgan fingerprint density at radius 3 is 3.00 bits per heavy atom. The maximum atomic E-state index is 11.8. The lowest BCUT2D eigenvalue weighted by Crippen LogP contribution is -2.40. The van der Waals surface area contributed by atoms with Crippen LogP contribution in [0.25, 0.3) is 10.9 Å². The van der Waals surface area contributed by atoms with Gasteiger partial charge in [-0.3, -0.25) is 9.69 Å². The van der Waals surface area contributed by atoms with Crippen LogP contribution in [0.5, 0.6) is 0 Å². The summed E-state index contributed by atoms with van der Waals surface area (Å²) in [6, 6.07) is 10.7. The van der Waals surface area contributed by atoms with E-state index in [9.17, 15) is 4.79 Å². The second-order valence-electron chi connectivity index (χ2n) is 7.09. The van der Waals surface area contributed by atoms with Gasteiger partial charge in [0.25, 0.3) is 0 Å². The molecular weight excluding hydrogens is 298 g/mol. The van der Waals surface area contributed by atoms with Crippen LogP contribution in [0.15, 0.2) is 42.0 Å². The summed E-state index contributed by atoms with van der Waals surface area (Å²) in [7, 11) is 0. The van der Waals surface area contributed by atoms with E-state index in [2.05, 4.69) is 45.5 Å². The Labute approximate surface area is 143 Å². The molecule has 1 amide bonds. The lowest BCUT2D eigenvalue weighted by molar-refractivity contribution is -0.116. The van der Waals surface area contributed by atoms with Crippen molar-refractivity contribution in [2.75, 3.05) is 19.6 Å². The van der Waals surface area contributed by atoms with Gasteiger partial charge in [0.2, 0.25) is 5.91 Å². The molecule has 24 heavy (non-hydrogen) atoms. The number of fused-ring (bicyclic) bond motifs is 1. The second kappa shape index (κ2) is 7.67. The van der Waals surface area contributed by atoms with Crippen molar-refractivity contribution in [2.24, 2.45) is 5.92 Å². The van der Waals surface area contributed by atoms with E-state index in [0.717, 1.165) is 31.8 Å². The van der Waals surface area contributed by atoms with Gasteiger partial charge in [-0.15, -0.1) is 0 Å². The maximum Gasteiger partial charge on any atom is 0.243 e. The molecular formula is C20H27N3O. The number of nitrogens with one attached hydrogen (secondary N) is 2. The number of benzene rings is 1. The van der Waals surface area contributed by atoms with Crippen LogP contribution in [-0.2, 0) is 11.3 Å². The monoisotopic (exact) mass is 325 g/mol. The van der Waals surface area contributed by atoms with Crippen LogP contribution in [0.1, 0.15) is 32.4 Å². The molecule has 1 aliphatic rings. The van der Waals surface area contributed by atoms with Gasteiger partial charge < -0.3 is 10.3 Å². The molecule has 3 rings (SSSR count). The predicted molar refractivity (Wildman–Crippen MR) is 98.7 cm³/mol. The average Bonchev–Trinajstić information content (AvgIpc) is 2.95. The summed E-state index contributed by atoms with van der Waals surface area (Å²) >= 11 is 0. The summed E-state index contributed by atoms with van der Waals surface area (Å²) in [6.45, 7) is 7.79. The van der Waals surface area contributed by atoms with Crippen LogP contribution in [0, 0.1) is 5.92 Å². The largest absolute Gasteiger partial charge is 0.357 e. The van der Waals surface area contributed by atoms with E-state index >= 15 is 0 Å². The van der Waals surface area contributed by atoms with Crippen LogP contribution in [0.4, 0.5) is 0 Å². The molecule has 1 aromatic carbocycles. The Bertz CT molecular complexity index is 694. The number of allylic oxidation sites excluding steroid dienone is 1. The summed E-state index contributed by atoms with van der Waals surface area (Å²) in [5.74, 6) is 0.570. The molecule has 1 aromatic heterocycles. The van der Waals surface area contributed by atoms with Crippen molar-refractivity contribution in [2.45, 2.75) is 33.2 Å². The minimum Gasteiger partial charge on any atom is -0.357 e. The first-order valence-electron chi connectivity index (χ1n) is 8.82. The molecule has 0 aliphatic carbocycles. The Balaban J connectivity index is 1.53. The molecule has 1 aliphatic heterocycles. The van der Waals surface area contributed by atoms with E-state index in [1.165, 1.54) is 29.4 Å². The highest BCUT2D eigenvalue weighted by atomic mass is 16.1. The summed E-state index contributed by atoms with van der Waals surface area (Å²) in [6.07, 6.45) is 4.06. The van der Waals surface area contributed by atoms with E-state index in [-0.39, 0.29) is 5.91 Å². The van der Waals surface area contributed by atoms with Gasteiger partial charge in [-0.25, -0.2) is 0 Å². The molecule has 1 fully saturated rings. The molecule has 2 N–H and O–H groups in total. The normalized spacial score (nSPS) is 18.5. The third-order valence-corrected chi connectivity index (χ3v) is 4.57. The number of H-pyrrole nitrogens is 1. The number of piperidine rings is 1. The molecule has 2 aromatic rings. The van der Waals surface area contributed by atoms with Crippen LogP contribution >= 0.6 is 0 Å². The van der Waals surface area contributed by atoms with Crippen LogP contribution < -0.4 is 5.32 Å². The number of amides is 1. The first-order chi connectivity index (χ1) is 11.6. The highest BCUT2D eigenvalue weighted by molar-refractivity contribution is 5.88. The van der Waals surface area contributed by atoms with Gasteiger partial charge in [0, 0.05) is 36.9 Å². The van der Waals surface area contributed by atoms with Crippen molar-refractivity contribution >= 4 is 16.8 Å². The molecule has 0 spiro atoms. The van der Waals surface area contributed by atoms with E-state index in [0.29, 0.717) is 5.92 Å². The van der Waals surface area contributed by atoms with Crippen molar-refractivity contribution in [3.63, 3.8) is 0 Å². The number of para-hydroxylation sites is 1. The zero-order valence-electron chi connectivity index (χ0n) is 14.6. The average molecular weight is 325 g/mol. The number of hydrogen-bond acceptors (Lipinski definition) is 2. The Kier molecular flexibility index (Phi) is 5.36. The number of carbonyl (C=O) groups is 1. The fraction of sp³-hybridized carbons (Fsp3) is 0.450. The molecule has 1 atom stereocenters. The lowest BCUT2D eigenvalue weighted by Gasteiger charge is -2.32. The molecule has 4 nitrogen and oxygen atoms in total. The van der Waals surface area contributed by atoms with E-state index < -0.39 is 0 Å². The predicted octanol–water partition coefficient (Wildman–Crippen LogP) is 3.46. The molecule has 0 bridgehead atoms. The number of rotatable bonds is 5. The van der Waals surface area contributed by atoms with E-state index in [1.807, 2.05) is 13.8 Å². The first-order valence-corrected chi connectivity index (χ1v) is 8.82. The van der Waals surface area contributed by atoms with Gasteiger partial charge in [-0.2, -0.15) is 0 Å². The third kappa shape index (κ3) is 4.48. The summed E-state index contributed by atoms with van der Waals surface area (Å²) < 4.78 is 0. The quantitative estimate of drug-likeness (QED) is 0.827. The van der Waals surface area contributed by atoms with E-state index in [1.54, 1.807) is 6.08 Å². The standard InChI is InChI=1S/C20H27N3O/c1-15(2)10-20(24)21-12-16-6-5-9-23(13-16)14-18-11-17-7-3-4-8-19(17)22-18/h3-4,7-8,10-11,16,22H,5-6,9,12-14H2,1-2H3,(H,21,24)/t16-/m1/s1. The fourth-order valence-electron chi connectivity index (χ4n) is 3.48. The lowest BCUT2D eigenvalue weighted by atomic mass is 9.98. The number of likely N-dealkylation sites (tertiary alicyclic amines) is 1. The number of aromatic nitrogens is 1. The summed E-state index contributed by atoms with van der Waals surface area (Å²) in [5.41, 5.74) is 3.51. The summed E-state index contributed by atoms with van der Waals surface area (Å²) in [5, 5.41) is 4.31. The molecule has 1 saturated heterocycles. The van der Waals surface area contributed by atoms with Gasteiger partial charge in [-0.1, -0.05) is 23.8 Å². The summed E-state index contributed by atoms with van der Waals surface area (Å²) in [4.78, 5) is 17.8. The van der Waals surface area contributed by atoms with Crippen molar-refractivity contribution in [1.29, 1.82) is 0 Å². The Hall–Kier alpha value is -2.07. The van der Waals surface area contributed by atoms with Crippen molar-refractivity contribution < 1.29 is 4.79 Å². The molecule has 128 valence electrons. The van der Waals surface area contributed by atoms with Gasteiger partial charge in [0.1, 0.15) is 0 Å². The molecule has 0 unspecified atom stereocenters. The zero-order chi connectivity index (χ0) is 16.9. The Morgan fingerprint density at radius 1 is 1.38 bits per heavy atom. The van der Waals surface area contributed by atoms with Crippen molar-refractivity contribution in [3.05, 3.63) is 47.7 Å². The highest BCUT2D eigenvalue weighted by Crippen LogP contribution is 2.20. The molecule has 0 saturated carbocycles. The number of nitrogens with zero attached hydrogens (tertiary/aromatic N) is 1.